The van der Waals surface area contributed by atoms with Gasteiger partial charge >= 0.3 is 0 Å². The van der Waals surface area contributed by atoms with Crippen LogP contribution in [0, 0.1) is 10.1 Å². The summed E-state index contributed by atoms with van der Waals surface area (Å²) < 4.78 is 0. The average Bonchev–Trinajstić information content (AvgIpc) is 2.46. The number of benzene rings is 2. The molecule has 0 N–H and O–H groups in total. The van der Waals surface area contributed by atoms with Crippen LogP contribution in [0.25, 0.3) is 11.1 Å². The normalized spacial score (nSPS) is 10.2. The van der Waals surface area contributed by atoms with Gasteiger partial charge in [-0.1, -0.05) is 30.3 Å². The SMILES string of the molecule is CCN(C)c1ccccc1-c1cccc([N+](=O)[O-])c1. The first-order valence-corrected chi connectivity index (χ1v) is 6.18. The molecule has 98 valence electrons. The van der Waals surface area contributed by atoms with Crippen molar-refractivity contribution in [1.29, 1.82) is 0 Å². The number of hydrogen-bond acceptors (Lipinski definition) is 3. The second-order valence-corrected chi connectivity index (χ2v) is 4.34. The molecule has 0 aliphatic carbocycles. The van der Waals surface area contributed by atoms with Gasteiger partial charge in [-0.3, -0.25) is 10.1 Å². The highest BCUT2D eigenvalue weighted by Gasteiger charge is 2.11. The number of hydrogen-bond donors (Lipinski definition) is 0. The second-order valence-electron chi connectivity index (χ2n) is 4.34. The molecule has 2 rings (SSSR count). The van der Waals surface area contributed by atoms with Gasteiger partial charge in [-0.05, 0) is 18.6 Å². The fraction of sp³-hybridized carbons (Fsp3) is 0.200. The Morgan fingerprint density at radius 3 is 2.58 bits per heavy atom. The lowest BCUT2D eigenvalue weighted by Gasteiger charge is -2.20. The molecule has 0 heterocycles. The molecule has 0 spiro atoms. The molecule has 19 heavy (non-hydrogen) atoms. The van der Waals surface area contributed by atoms with Crippen molar-refractivity contribution in [3.8, 4) is 11.1 Å². The summed E-state index contributed by atoms with van der Waals surface area (Å²) in [4.78, 5) is 12.6. The van der Waals surface area contributed by atoms with Crippen LogP contribution in [-0.2, 0) is 0 Å². The van der Waals surface area contributed by atoms with E-state index >= 15 is 0 Å². The molecule has 0 unspecified atom stereocenters. The molecule has 0 aromatic heterocycles. The first kappa shape index (κ1) is 13.1. The molecule has 0 aliphatic heterocycles. The highest BCUT2D eigenvalue weighted by molar-refractivity contribution is 5.79. The number of para-hydroxylation sites is 1. The molecule has 4 nitrogen and oxygen atoms in total. The zero-order chi connectivity index (χ0) is 13.8. The van der Waals surface area contributed by atoms with Gasteiger partial charge in [0.1, 0.15) is 0 Å². The standard InChI is InChI=1S/C15H16N2O2/c1-3-16(2)15-10-5-4-9-14(15)12-7-6-8-13(11-12)17(18)19/h4-11H,3H2,1-2H3. The molecule has 0 radical (unpaired) electrons. The number of nitro groups is 1. The summed E-state index contributed by atoms with van der Waals surface area (Å²) >= 11 is 0. The number of nitrogens with zero attached hydrogens (tertiary/aromatic N) is 2. The molecular formula is C15H16N2O2. The molecule has 0 bridgehead atoms. The second kappa shape index (κ2) is 5.52. The minimum Gasteiger partial charge on any atom is -0.374 e. The van der Waals surface area contributed by atoms with Crippen LogP contribution in [0.15, 0.2) is 48.5 Å². The van der Waals surface area contributed by atoms with E-state index in [2.05, 4.69) is 11.8 Å². The smallest absolute Gasteiger partial charge is 0.270 e. The van der Waals surface area contributed by atoms with E-state index in [0.717, 1.165) is 23.4 Å². The minimum absolute atomic E-state index is 0.117. The monoisotopic (exact) mass is 256 g/mol. The Kier molecular flexibility index (Phi) is 3.80. The lowest BCUT2D eigenvalue weighted by atomic mass is 10.0. The Labute approximate surface area is 112 Å². The van der Waals surface area contributed by atoms with E-state index in [1.54, 1.807) is 12.1 Å². The Morgan fingerprint density at radius 2 is 1.89 bits per heavy atom. The predicted molar refractivity (Wildman–Crippen MR) is 77.5 cm³/mol. The molecule has 4 heteroatoms. The topological polar surface area (TPSA) is 46.4 Å². The Bertz CT molecular complexity index is 596. The van der Waals surface area contributed by atoms with Crippen molar-refractivity contribution in [2.75, 3.05) is 18.5 Å². The number of rotatable bonds is 4. The third-order valence-electron chi connectivity index (χ3n) is 3.16. The quantitative estimate of drug-likeness (QED) is 0.618. The average molecular weight is 256 g/mol. The third kappa shape index (κ3) is 2.73. The van der Waals surface area contributed by atoms with Crippen molar-refractivity contribution in [3.05, 3.63) is 58.6 Å². The fourth-order valence-electron chi connectivity index (χ4n) is 2.01. The molecule has 2 aromatic carbocycles. The van der Waals surface area contributed by atoms with E-state index in [9.17, 15) is 10.1 Å². The largest absolute Gasteiger partial charge is 0.374 e. The van der Waals surface area contributed by atoms with Crippen molar-refractivity contribution in [1.82, 2.24) is 0 Å². The van der Waals surface area contributed by atoms with Crippen LogP contribution in [0.2, 0.25) is 0 Å². The van der Waals surface area contributed by atoms with E-state index in [1.807, 2.05) is 37.4 Å². The summed E-state index contributed by atoms with van der Waals surface area (Å²) in [6.45, 7) is 2.95. The van der Waals surface area contributed by atoms with Crippen LogP contribution in [0.5, 0.6) is 0 Å². The van der Waals surface area contributed by atoms with E-state index < -0.39 is 0 Å². The van der Waals surface area contributed by atoms with Gasteiger partial charge in [0.2, 0.25) is 0 Å². The lowest BCUT2D eigenvalue weighted by Crippen LogP contribution is -2.16. The molecule has 0 saturated heterocycles. The predicted octanol–water partition coefficient (Wildman–Crippen LogP) is 3.72. The van der Waals surface area contributed by atoms with Crippen LogP contribution >= 0.6 is 0 Å². The maximum atomic E-state index is 10.9. The highest BCUT2D eigenvalue weighted by atomic mass is 16.6. The van der Waals surface area contributed by atoms with Crippen LogP contribution < -0.4 is 4.90 Å². The van der Waals surface area contributed by atoms with Crippen molar-refractivity contribution < 1.29 is 4.92 Å². The van der Waals surface area contributed by atoms with E-state index in [1.165, 1.54) is 6.07 Å². The zero-order valence-corrected chi connectivity index (χ0v) is 11.0. The summed E-state index contributed by atoms with van der Waals surface area (Å²) in [7, 11) is 2.01. The minimum atomic E-state index is -0.365. The van der Waals surface area contributed by atoms with Gasteiger partial charge in [0.15, 0.2) is 0 Å². The fourth-order valence-corrected chi connectivity index (χ4v) is 2.01. The third-order valence-corrected chi connectivity index (χ3v) is 3.16. The van der Waals surface area contributed by atoms with Crippen LogP contribution in [-0.4, -0.2) is 18.5 Å². The first-order chi connectivity index (χ1) is 9.13. The van der Waals surface area contributed by atoms with Crippen molar-refractivity contribution in [3.63, 3.8) is 0 Å². The van der Waals surface area contributed by atoms with Crippen molar-refractivity contribution >= 4 is 11.4 Å². The van der Waals surface area contributed by atoms with Crippen molar-refractivity contribution in [2.24, 2.45) is 0 Å². The highest BCUT2D eigenvalue weighted by Crippen LogP contribution is 2.31. The molecule has 0 saturated carbocycles. The Hall–Kier alpha value is -2.36. The zero-order valence-electron chi connectivity index (χ0n) is 11.0. The molecule has 0 aliphatic rings. The number of anilines is 1. The summed E-state index contributed by atoms with van der Waals surface area (Å²) in [6.07, 6.45) is 0. The summed E-state index contributed by atoms with van der Waals surface area (Å²) in [5.74, 6) is 0. The van der Waals surface area contributed by atoms with Crippen molar-refractivity contribution in [2.45, 2.75) is 6.92 Å². The van der Waals surface area contributed by atoms with Crippen LogP contribution in [0.1, 0.15) is 6.92 Å². The number of non-ortho nitro benzene ring substituents is 1. The van der Waals surface area contributed by atoms with Gasteiger partial charge in [-0.2, -0.15) is 0 Å². The van der Waals surface area contributed by atoms with Crippen LogP contribution in [0.4, 0.5) is 11.4 Å². The Balaban J connectivity index is 2.52. The number of nitro benzene ring substituents is 1. The maximum absolute atomic E-state index is 10.9. The van der Waals surface area contributed by atoms with E-state index in [4.69, 9.17) is 0 Å². The molecule has 0 atom stereocenters. The van der Waals surface area contributed by atoms with Gasteiger partial charge in [0, 0.05) is 37.0 Å². The van der Waals surface area contributed by atoms with Gasteiger partial charge in [-0.25, -0.2) is 0 Å². The van der Waals surface area contributed by atoms with Gasteiger partial charge < -0.3 is 4.90 Å². The summed E-state index contributed by atoms with van der Waals surface area (Å²) in [6, 6.07) is 14.7. The van der Waals surface area contributed by atoms with E-state index in [0.29, 0.717) is 0 Å². The van der Waals surface area contributed by atoms with Gasteiger partial charge in [-0.15, -0.1) is 0 Å². The molecule has 0 fully saturated rings. The van der Waals surface area contributed by atoms with E-state index in [-0.39, 0.29) is 10.6 Å². The summed E-state index contributed by atoms with van der Waals surface area (Å²) in [5.41, 5.74) is 3.07. The van der Waals surface area contributed by atoms with Crippen LogP contribution in [0.3, 0.4) is 0 Å². The maximum Gasteiger partial charge on any atom is 0.270 e. The van der Waals surface area contributed by atoms with Gasteiger partial charge in [0.05, 0.1) is 4.92 Å². The molecule has 0 amide bonds. The first-order valence-electron chi connectivity index (χ1n) is 6.18. The molecular weight excluding hydrogens is 240 g/mol. The molecule has 2 aromatic rings. The lowest BCUT2D eigenvalue weighted by molar-refractivity contribution is -0.384. The Morgan fingerprint density at radius 1 is 1.16 bits per heavy atom. The summed E-state index contributed by atoms with van der Waals surface area (Å²) in [5, 5.41) is 10.9. The van der Waals surface area contributed by atoms with Gasteiger partial charge in [0.25, 0.3) is 5.69 Å².